The van der Waals surface area contributed by atoms with E-state index >= 15 is 0 Å². The first-order chi connectivity index (χ1) is 14.8. The molecule has 2 heterocycles. The number of carbonyl (C=O) groups is 1. The number of H-pyrrole nitrogens is 1. The Labute approximate surface area is 176 Å². The first-order valence-electron chi connectivity index (χ1n) is 10.4. The number of aryl methyl sites for hydroxylation is 1. The predicted octanol–water partition coefficient (Wildman–Crippen LogP) is 4.58. The third-order valence-electron chi connectivity index (χ3n) is 5.17. The van der Waals surface area contributed by atoms with Crippen molar-refractivity contribution in [2.75, 3.05) is 18.4 Å². The number of nitrogens with one attached hydrogen (secondary N) is 3. The Kier molecular flexibility index (Phi) is 6.40. The lowest BCUT2D eigenvalue weighted by Gasteiger charge is -2.09. The van der Waals surface area contributed by atoms with Gasteiger partial charge in [0.25, 0.3) is 5.91 Å². The van der Waals surface area contributed by atoms with Gasteiger partial charge in [-0.3, -0.25) is 9.78 Å². The van der Waals surface area contributed by atoms with Gasteiger partial charge in [-0.15, -0.1) is 0 Å². The van der Waals surface area contributed by atoms with Gasteiger partial charge in [-0.25, -0.2) is 0 Å². The van der Waals surface area contributed by atoms with Gasteiger partial charge < -0.3 is 15.6 Å². The normalized spacial score (nSPS) is 10.8. The predicted molar refractivity (Wildman–Crippen MR) is 122 cm³/mol. The van der Waals surface area contributed by atoms with E-state index in [1.807, 2.05) is 30.5 Å². The van der Waals surface area contributed by atoms with Crippen molar-refractivity contribution in [3.8, 4) is 0 Å². The summed E-state index contributed by atoms with van der Waals surface area (Å²) in [6.45, 7) is 1.41. The molecule has 5 nitrogen and oxygen atoms in total. The zero-order valence-corrected chi connectivity index (χ0v) is 16.9. The highest BCUT2D eigenvalue weighted by Crippen LogP contribution is 2.17. The molecule has 0 aliphatic carbocycles. The summed E-state index contributed by atoms with van der Waals surface area (Å²) in [6.07, 6.45) is 8.20. The molecular weight excluding hydrogens is 372 g/mol. The average molecular weight is 399 g/mol. The van der Waals surface area contributed by atoms with Crippen LogP contribution in [0, 0.1) is 0 Å². The van der Waals surface area contributed by atoms with E-state index in [2.05, 4.69) is 57.0 Å². The summed E-state index contributed by atoms with van der Waals surface area (Å²) in [6, 6.07) is 20.5. The molecule has 152 valence electrons. The number of aromatic nitrogens is 2. The van der Waals surface area contributed by atoms with E-state index < -0.39 is 0 Å². The maximum atomic E-state index is 12.5. The molecule has 5 heteroatoms. The van der Waals surface area contributed by atoms with Crippen molar-refractivity contribution < 1.29 is 4.79 Å². The summed E-state index contributed by atoms with van der Waals surface area (Å²) in [4.78, 5) is 20.0. The number of rotatable bonds is 9. The number of nitrogens with zero attached hydrogens (tertiary/aromatic N) is 1. The van der Waals surface area contributed by atoms with Crippen molar-refractivity contribution in [2.45, 2.75) is 19.3 Å². The van der Waals surface area contributed by atoms with Crippen LogP contribution in [0.5, 0.6) is 0 Å². The van der Waals surface area contributed by atoms with Crippen LogP contribution in [-0.4, -0.2) is 29.0 Å². The van der Waals surface area contributed by atoms with Crippen molar-refractivity contribution in [1.29, 1.82) is 0 Å². The molecule has 0 saturated heterocycles. The molecule has 1 amide bonds. The Balaban J connectivity index is 1.25. The van der Waals surface area contributed by atoms with Crippen molar-refractivity contribution in [1.82, 2.24) is 15.3 Å². The van der Waals surface area contributed by atoms with Crippen LogP contribution < -0.4 is 10.6 Å². The Morgan fingerprint density at radius 2 is 1.77 bits per heavy atom. The van der Waals surface area contributed by atoms with Gasteiger partial charge in [0.15, 0.2) is 0 Å². The Bertz CT molecular complexity index is 1100. The standard InChI is InChI=1S/C25H26N4O/c30-25(28-14-12-20-17-29-24-11-5-4-10-23(20)24)21-15-22(18-26-16-21)27-13-6-9-19-7-2-1-3-8-19/h1-5,7-8,10-11,15-18,27,29H,6,9,12-14H2,(H,28,30). The van der Waals surface area contributed by atoms with Crippen LogP contribution >= 0.6 is 0 Å². The minimum atomic E-state index is -0.102. The van der Waals surface area contributed by atoms with Gasteiger partial charge in [0.05, 0.1) is 11.3 Å². The molecule has 0 radical (unpaired) electrons. The second-order valence-corrected chi connectivity index (χ2v) is 7.34. The van der Waals surface area contributed by atoms with Gasteiger partial charge >= 0.3 is 0 Å². The number of hydrogen-bond donors (Lipinski definition) is 3. The lowest BCUT2D eigenvalue weighted by atomic mass is 10.1. The van der Waals surface area contributed by atoms with Gasteiger partial charge in [0, 0.05) is 42.6 Å². The van der Waals surface area contributed by atoms with E-state index in [0.717, 1.165) is 37.0 Å². The summed E-state index contributed by atoms with van der Waals surface area (Å²) in [5.74, 6) is -0.102. The number of carbonyl (C=O) groups excluding carboxylic acids is 1. The Hall–Kier alpha value is -3.60. The van der Waals surface area contributed by atoms with E-state index in [9.17, 15) is 4.79 Å². The lowest BCUT2D eigenvalue weighted by molar-refractivity contribution is 0.0954. The van der Waals surface area contributed by atoms with Crippen LogP contribution in [0.3, 0.4) is 0 Å². The number of aromatic amines is 1. The molecule has 3 N–H and O–H groups in total. The molecule has 4 rings (SSSR count). The zero-order chi connectivity index (χ0) is 20.6. The van der Waals surface area contributed by atoms with E-state index in [-0.39, 0.29) is 5.91 Å². The van der Waals surface area contributed by atoms with Gasteiger partial charge in [0.1, 0.15) is 0 Å². The first-order valence-corrected chi connectivity index (χ1v) is 10.4. The quantitative estimate of drug-likeness (QED) is 0.362. The summed E-state index contributed by atoms with van der Waals surface area (Å²) >= 11 is 0. The molecule has 0 bridgehead atoms. The largest absolute Gasteiger partial charge is 0.384 e. The monoisotopic (exact) mass is 398 g/mol. The van der Waals surface area contributed by atoms with Crippen LogP contribution in [0.4, 0.5) is 5.69 Å². The molecular formula is C25H26N4O. The molecule has 4 aromatic rings. The highest BCUT2D eigenvalue weighted by molar-refractivity contribution is 5.94. The molecule has 0 fully saturated rings. The number of pyridine rings is 1. The molecule has 2 aromatic carbocycles. The minimum Gasteiger partial charge on any atom is -0.384 e. The number of hydrogen-bond acceptors (Lipinski definition) is 3. The lowest BCUT2D eigenvalue weighted by Crippen LogP contribution is -2.25. The molecule has 2 aromatic heterocycles. The maximum absolute atomic E-state index is 12.5. The third-order valence-corrected chi connectivity index (χ3v) is 5.17. The first kappa shape index (κ1) is 19.7. The maximum Gasteiger partial charge on any atom is 0.252 e. The minimum absolute atomic E-state index is 0.102. The van der Waals surface area contributed by atoms with Crippen molar-refractivity contribution in [2.24, 2.45) is 0 Å². The molecule has 0 atom stereocenters. The third kappa shape index (κ3) is 5.06. The van der Waals surface area contributed by atoms with Crippen molar-refractivity contribution in [3.63, 3.8) is 0 Å². The molecule has 0 unspecified atom stereocenters. The highest BCUT2D eigenvalue weighted by Gasteiger charge is 2.08. The zero-order valence-electron chi connectivity index (χ0n) is 16.9. The van der Waals surface area contributed by atoms with E-state index in [1.165, 1.54) is 16.5 Å². The van der Waals surface area contributed by atoms with Crippen LogP contribution in [-0.2, 0) is 12.8 Å². The molecule has 0 aliphatic rings. The summed E-state index contributed by atoms with van der Waals surface area (Å²) in [7, 11) is 0. The number of amides is 1. The second kappa shape index (κ2) is 9.74. The topological polar surface area (TPSA) is 69.8 Å². The summed E-state index contributed by atoms with van der Waals surface area (Å²) < 4.78 is 0. The fourth-order valence-corrected chi connectivity index (χ4v) is 3.58. The van der Waals surface area contributed by atoms with Crippen LogP contribution in [0.2, 0.25) is 0 Å². The van der Waals surface area contributed by atoms with Gasteiger partial charge in [-0.1, -0.05) is 48.5 Å². The Morgan fingerprint density at radius 1 is 0.933 bits per heavy atom. The van der Waals surface area contributed by atoms with E-state index in [1.54, 1.807) is 12.4 Å². The molecule has 0 spiro atoms. The summed E-state index contributed by atoms with van der Waals surface area (Å²) in [5, 5.41) is 7.56. The van der Waals surface area contributed by atoms with Gasteiger partial charge in [-0.2, -0.15) is 0 Å². The molecule has 0 saturated carbocycles. The highest BCUT2D eigenvalue weighted by atomic mass is 16.1. The number of para-hydroxylation sites is 1. The number of fused-ring (bicyclic) bond motifs is 1. The molecule has 30 heavy (non-hydrogen) atoms. The summed E-state index contributed by atoms with van der Waals surface area (Å²) in [5.41, 5.74) is 5.10. The van der Waals surface area contributed by atoms with Crippen molar-refractivity contribution >= 4 is 22.5 Å². The second-order valence-electron chi connectivity index (χ2n) is 7.34. The van der Waals surface area contributed by atoms with Crippen molar-refractivity contribution in [3.05, 3.63) is 95.9 Å². The van der Waals surface area contributed by atoms with Gasteiger partial charge in [-0.05, 0) is 42.5 Å². The number of benzene rings is 2. The van der Waals surface area contributed by atoms with E-state index in [4.69, 9.17) is 0 Å². The fourth-order valence-electron chi connectivity index (χ4n) is 3.58. The molecule has 0 aliphatic heterocycles. The van der Waals surface area contributed by atoms with Crippen LogP contribution in [0.15, 0.2) is 79.3 Å². The number of anilines is 1. The average Bonchev–Trinajstić information content (AvgIpc) is 3.21. The van der Waals surface area contributed by atoms with E-state index in [0.29, 0.717) is 12.1 Å². The Morgan fingerprint density at radius 3 is 2.67 bits per heavy atom. The smallest absolute Gasteiger partial charge is 0.252 e. The van der Waals surface area contributed by atoms with Crippen LogP contribution in [0.1, 0.15) is 27.9 Å². The van der Waals surface area contributed by atoms with Gasteiger partial charge in [0.2, 0.25) is 0 Å². The fraction of sp³-hybridized carbons (Fsp3) is 0.200. The SMILES string of the molecule is O=C(NCCc1c[nH]c2ccccc12)c1cncc(NCCCc2ccccc2)c1. The van der Waals surface area contributed by atoms with Crippen LogP contribution in [0.25, 0.3) is 10.9 Å².